The average Bonchev–Trinajstić information content (AvgIpc) is 2.92. The summed E-state index contributed by atoms with van der Waals surface area (Å²) in [4.78, 5) is 1.27. The number of nitrogens with two attached hydrogens (primary N) is 1. The first kappa shape index (κ1) is 12.0. The van der Waals surface area contributed by atoms with E-state index in [0.29, 0.717) is 12.5 Å². The van der Waals surface area contributed by atoms with E-state index in [0.717, 1.165) is 26.2 Å². The van der Waals surface area contributed by atoms with Crippen molar-refractivity contribution in [3.63, 3.8) is 0 Å². The lowest BCUT2D eigenvalue weighted by molar-refractivity contribution is 0.0318. The third kappa shape index (κ3) is 2.83. The van der Waals surface area contributed by atoms with Gasteiger partial charge in [-0.3, -0.25) is 0 Å². The van der Waals surface area contributed by atoms with Crippen LogP contribution in [0.3, 0.4) is 0 Å². The lowest BCUT2D eigenvalue weighted by atomic mass is 10.1. The topological polar surface area (TPSA) is 44.5 Å². The van der Waals surface area contributed by atoms with E-state index >= 15 is 0 Å². The summed E-state index contributed by atoms with van der Waals surface area (Å²) < 4.78 is 11.2. The fraction of sp³-hybridized carbons (Fsp3) is 0.667. The first-order chi connectivity index (χ1) is 7.81. The molecule has 2 unspecified atom stereocenters. The van der Waals surface area contributed by atoms with Gasteiger partial charge < -0.3 is 15.2 Å². The van der Waals surface area contributed by atoms with Gasteiger partial charge in [0.05, 0.1) is 13.2 Å². The molecule has 1 saturated heterocycles. The van der Waals surface area contributed by atoms with Crippen molar-refractivity contribution < 1.29 is 9.47 Å². The van der Waals surface area contributed by atoms with E-state index in [2.05, 4.69) is 18.4 Å². The van der Waals surface area contributed by atoms with Gasteiger partial charge in [0.2, 0.25) is 0 Å². The van der Waals surface area contributed by atoms with E-state index in [1.807, 2.05) is 0 Å². The molecule has 2 atom stereocenters. The Balaban J connectivity index is 1.88. The van der Waals surface area contributed by atoms with Crippen molar-refractivity contribution in [1.29, 1.82) is 0 Å². The zero-order valence-electron chi connectivity index (χ0n) is 9.65. The van der Waals surface area contributed by atoms with E-state index in [9.17, 15) is 0 Å². The van der Waals surface area contributed by atoms with Crippen molar-refractivity contribution in [2.45, 2.75) is 19.4 Å². The highest BCUT2D eigenvalue weighted by Gasteiger charge is 2.20. The van der Waals surface area contributed by atoms with Gasteiger partial charge in [0.25, 0.3) is 0 Å². The molecule has 1 aromatic heterocycles. The Hall–Kier alpha value is -0.420. The normalized spacial score (nSPS) is 22.5. The summed E-state index contributed by atoms with van der Waals surface area (Å²) in [5.74, 6) is 0.550. The maximum Gasteiger partial charge on any atom is 0.104 e. The van der Waals surface area contributed by atoms with Gasteiger partial charge in [0.1, 0.15) is 6.10 Å². The Kier molecular flexibility index (Phi) is 4.35. The van der Waals surface area contributed by atoms with E-state index in [4.69, 9.17) is 15.2 Å². The molecule has 16 heavy (non-hydrogen) atoms. The predicted molar refractivity (Wildman–Crippen MR) is 65.7 cm³/mol. The lowest BCUT2D eigenvalue weighted by Gasteiger charge is -2.17. The van der Waals surface area contributed by atoms with Gasteiger partial charge in [-0.25, -0.2) is 0 Å². The maximum atomic E-state index is 5.91. The Morgan fingerprint density at radius 3 is 3.12 bits per heavy atom. The molecule has 0 bridgehead atoms. The first-order valence-corrected chi connectivity index (χ1v) is 6.62. The summed E-state index contributed by atoms with van der Waals surface area (Å²) in [6.45, 7) is 5.13. The van der Waals surface area contributed by atoms with Crippen LogP contribution in [0, 0.1) is 12.8 Å². The number of aryl methyl sites for hydroxylation is 1. The molecule has 0 radical (unpaired) electrons. The SMILES string of the molecule is Cc1ccsc1C(CN)OCC1CCOC1. The van der Waals surface area contributed by atoms with Gasteiger partial charge in [-0.2, -0.15) is 0 Å². The third-order valence-corrected chi connectivity index (χ3v) is 4.08. The predicted octanol–water partition coefficient (Wildman–Crippen LogP) is 2.11. The van der Waals surface area contributed by atoms with Crippen LogP contribution in [0.25, 0.3) is 0 Å². The smallest absolute Gasteiger partial charge is 0.104 e. The second kappa shape index (κ2) is 5.77. The monoisotopic (exact) mass is 241 g/mol. The van der Waals surface area contributed by atoms with Gasteiger partial charge in [0.15, 0.2) is 0 Å². The zero-order chi connectivity index (χ0) is 11.4. The summed E-state index contributed by atoms with van der Waals surface area (Å²) in [6, 6.07) is 2.12. The van der Waals surface area contributed by atoms with Crippen LogP contribution >= 0.6 is 11.3 Å². The second-order valence-electron chi connectivity index (χ2n) is 4.26. The van der Waals surface area contributed by atoms with E-state index in [-0.39, 0.29) is 6.10 Å². The van der Waals surface area contributed by atoms with E-state index in [1.54, 1.807) is 11.3 Å². The fourth-order valence-electron chi connectivity index (χ4n) is 1.93. The van der Waals surface area contributed by atoms with Crippen LogP contribution in [0.2, 0.25) is 0 Å². The minimum Gasteiger partial charge on any atom is -0.381 e. The minimum atomic E-state index is 0.0561. The van der Waals surface area contributed by atoms with E-state index < -0.39 is 0 Å². The Morgan fingerprint density at radius 2 is 2.56 bits per heavy atom. The summed E-state index contributed by atoms with van der Waals surface area (Å²) in [5, 5.41) is 2.09. The summed E-state index contributed by atoms with van der Waals surface area (Å²) in [6.07, 6.45) is 1.17. The summed E-state index contributed by atoms with van der Waals surface area (Å²) >= 11 is 1.73. The molecule has 0 saturated carbocycles. The standard InChI is InChI=1S/C12H19NO2S/c1-9-3-5-16-12(9)11(6-13)15-8-10-2-4-14-7-10/h3,5,10-11H,2,4,6-8,13H2,1H3. The van der Waals surface area contributed by atoms with Crippen molar-refractivity contribution in [2.75, 3.05) is 26.4 Å². The Bertz CT molecular complexity index is 321. The lowest BCUT2D eigenvalue weighted by Crippen LogP contribution is -2.19. The molecular weight excluding hydrogens is 222 g/mol. The number of ether oxygens (including phenoxy) is 2. The highest BCUT2D eigenvalue weighted by molar-refractivity contribution is 7.10. The molecular formula is C12H19NO2S. The molecule has 1 fully saturated rings. The van der Waals surface area contributed by atoms with Gasteiger partial charge in [-0.05, 0) is 30.4 Å². The Labute approximate surface area is 101 Å². The summed E-state index contributed by atoms with van der Waals surface area (Å²) in [5.41, 5.74) is 7.05. The highest BCUT2D eigenvalue weighted by Crippen LogP contribution is 2.27. The fourth-order valence-corrected chi connectivity index (χ4v) is 2.92. The number of hydrogen-bond acceptors (Lipinski definition) is 4. The second-order valence-corrected chi connectivity index (χ2v) is 5.20. The van der Waals surface area contributed by atoms with Crippen LogP contribution in [0.1, 0.15) is 23.0 Å². The van der Waals surface area contributed by atoms with Crippen molar-refractivity contribution in [3.8, 4) is 0 Å². The molecule has 2 N–H and O–H groups in total. The largest absolute Gasteiger partial charge is 0.381 e. The molecule has 0 spiro atoms. The van der Waals surface area contributed by atoms with Gasteiger partial charge in [-0.1, -0.05) is 0 Å². The molecule has 1 aliphatic rings. The molecule has 4 heteroatoms. The van der Waals surface area contributed by atoms with Crippen molar-refractivity contribution in [2.24, 2.45) is 11.7 Å². The van der Waals surface area contributed by atoms with Crippen molar-refractivity contribution in [3.05, 3.63) is 21.9 Å². The highest BCUT2D eigenvalue weighted by atomic mass is 32.1. The quantitative estimate of drug-likeness (QED) is 0.858. The number of hydrogen-bond donors (Lipinski definition) is 1. The average molecular weight is 241 g/mol. The number of thiophene rings is 1. The number of rotatable bonds is 5. The van der Waals surface area contributed by atoms with Crippen LogP contribution in [0.5, 0.6) is 0 Å². The van der Waals surface area contributed by atoms with Gasteiger partial charge >= 0.3 is 0 Å². The zero-order valence-corrected chi connectivity index (χ0v) is 10.5. The summed E-state index contributed by atoms with van der Waals surface area (Å²) in [7, 11) is 0. The molecule has 3 nitrogen and oxygen atoms in total. The first-order valence-electron chi connectivity index (χ1n) is 5.74. The maximum absolute atomic E-state index is 5.91. The van der Waals surface area contributed by atoms with Gasteiger partial charge in [0, 0.05) is 23.9 Å². The van der Waals surface area contributed by atoms with Crippen LogP contribution in [0.4, 0.5) is 0 Å². The molecule has 0 aliphatic carbocycles. The molecule has 90 valence electrons. The van der Waals surface area contributed by atoms with Crippen LogP contribution in [-0.4, -0.2) is 26.4 Å². The van der Waals surface area contributed by atoms with Crippen molar-refractivity contribution in [1.82, 2.24) is 0 Å². The molecule has 1 aromatic rings. The molecule has 2 heterocycles. The molecule has 2 rings (SSSR count). The van der Waals surface area contributed by atoms with E-state index in [1.165, 1.54) is 10.4 Å². The third-order valence-electron chi connectivity index (χ3n) is 2.97. The van der Waals surface area contributed by atoms with Crippen LogP contribution in [0.15, 0.2) is 11.4 Å². The molecule has 1 aliphatic heterocycles. The molecule has 0 amide bonds. The van der Waals surface area contributed by atoms with Crippen LogP contribution in [-0.2, 0) is 9.47 Å². The Morgan fingerprint density at radius 1 is 1.69 bits per heavy atom. The molecule has 0 aromatic carbocycles. The van der Waals surface area contributed by atoms with Gasteiger partial charge in [-0.15, -0.1) is 11.3 Å². The minimum absolute atomic E-state index is 0.0561. The van der Waals surface area contributed by atoms with Crippen LogP contribution < -0.4 is 5.73 Å². The van der Waals surface area contributed by atoms with Crippen molar-refractivity contribution >= 4 is 11.3 Å².